The minimum atomic E-state index is -3.97. The SMILES string of the molecule is C=CCN1C(=O)/C(=C/c2ccc(OCCCCCCCC)c(OC)c2)S/C1=N/S(=O)(=O)c1ccccc1. The van der Waals surface area contributed by atoms with Crippen LogP contribution in [0.15, 0.2) is 75.4 Å². The standard InChI is InChI=1S/C28H34N2O5S2/c1-4-6-7-8-9-13-19-35-24-17-16-22(20-25(24)34-3)21-26-27(31)30(18-5-2)28(36-26)29-37(32,33)23-14-11-10-12-15-23/h5,10-12,14-17,20-21H,2,4,6-9,13,18-19H2,1,3H3/b26-21-,29-28+. The summed E-state index contributed by atoms with van der Waals surface area (Å²) < 4.78 is 41.0. The quantitative estimate of drug-likeness (QED) is 0.159. The number of hydrogen-bond donors (Lipinski definition) is 0. The van der Waals surface area contributed by atoms with E-state index >= 15 is 0 Å². The molecule has 2 aromatic rings. The smallest absolute Gasteiger partial charge is 0.284 e. The van der Waals surface area contributed by atoms with E-state index < -0.39 is 10.0 Å². The lowest BCUT2D eigenvalue weighted by Crippen LogP contribution is -2.29. The van der Waals surface area contributed by atoms with Crippen molar-refractivity contribution in [2.45, 2.75) is 50.3 Å². The van der Waals surface area contributed by atoms with Gasteiger partial charge in [0.1, 0.15) is 0 Å². The summed E-state index contributed by atoms with van der Waals surface area (Å²) in [5.41, 5.74) is 0.727. The zero-order valence-corrected chi connectivity index (χ0v) is 23.0. The summed E-state index contributed by atoms with van der Waals surface area (Å²) in [6.07, 6.45) is 10.3. The molecule has 37 heavy (non-hydrogen) atoms. The first-order valence-electron chi connectivity index (χ1n) is 12.4. The van der Waals surface area contributed by atoms with Crippen molar-refractivity contribution >= 4 is 38.9 Å². The molecule has 1 saturated heterocycles. The van der Waals surface area contributed by atoms with Gasteiger partial charge in [0.15, 0.2) is 16.7 Å². The minimum absolute atomic E-state index is 0.0628. The predicted octanol–water partition coefficient (Wildman–Crippen LogP) is 6.28. The summed E-state index contributed by atoms with van der Waals surface area (Å²) in [6, 6.07) is 13.4. The minimum Gasteiger partial charge on any atom is -0.493 e. The predicted molar refractivity (Wildman–Crippen MR) is 150 cm³/mol. The molecular weight excluding hydrogens is 508 g/mol. The highest BCUT2D eigenvalue weighted by atomic mass is 32.2. The second-order valence-corrected chi connectivity index (χ2v) is 11.1. The van der Waals surface area contributed by atoms with Crippen molar-refractivity contribution in [1.29, 1.82) is 0 Å². The summed E-state index contributed by atoms with van der Waals surface area (Å²) in [6.45, 7) is 6.64. The highest BCUT2D eigenvalue weighted by Gasteiger charge is 2.34. The van der Waals surface area contributed by atoms with Crippen molar-refractivity contribution < 1.29 is 22.7 Å². The van der Waals surface area contributed by atoms with E-state index in [9.17, 15) is 13.2 Å². The molecule has 7 nitrogen and oxygen atoms in total. The van der Waals surface area contributed by atoms with Gasteiger partial charge in [-0.25, -0.2) is 0 Å². The molecule has 0 radical (unpaired) electrons. The summed E-state index contributed by atoms with van der Waals surface area (Å²) in [5, 5.41) is 0.0888. The van der Waals surface area contributed by atoms with Crippen LogP contribution in [0.5, 0.6) is 11.5 Å². The van der Waals surface area contributed by atoms with Gasteiger partial charge in [-0.15, -0.1) is 11.0 Å². The van der Waals surface area contributed by atoms with E-state index in [-0.39, 0.29) is 22.5 Å². The number of sulfonamides is 1. The highest BCUT2D eigenvalue weighted by Crippen LogP contribution is 2.35. The monoisotopic (exact) mass is 542 g/mol. The third-order valence-electron chi connectivity index (χ3n) is 5.68. The van der Waals surface area contributed by atoms with E-state index in [1.54, 1.807) is 37.5 Å². The number of methoxy groups -OCH3 is 1. The Kier molecular flexibility index (Phi) is 10.8. The number of amides is 1. The van der Waals surface area contributed by atoms with Gasteiger partial charge >= 0.3 is 0 Å². The molecule has 1 aliphatic rings. The van der Waals surface area contributed by atoms with Gasteiger partial charge in [-0.1, -0.05) is 69.4 Å². The number of nitrogens with zero attached hydrogens (tertiary/aromatic N) is 2. The number of rotatable bonds is 14. The Morgan fingerprint density at radius 3 is 2.46 bits per heavy atom. The number of hydrogen-bond acceptors (Lipinski definition) is 6. The van der Waals surface area contributed by atoms with Crippen LogP contribution in [-0.4, -0.2) is 44.7 Å². The van der Waals surface area contributed by atoms with Crippen LogP contribution in [0.3, 0.4) is 0 Å². The Hall–Kier alpha value is -3.04. The van der Waals surface area contributed by atoms with Crippen molar-refractivity contribution in [3.8, 4) is 11.5 Å². The molecule has 2 aromatic carbocycles. The highest BCUT2D eigenvalue weighted by molar-refractivity contribution is 8.19. The lowest BCUT2D eigenvalue weighted by Gasteiger charge is -2.12. The first-order valence-corrected chi connectivity index (χ1v) is 14.7. The van der Waals surface area contributed by atoms with E-state index in [1.807, 2.05) is 12.1 Å². The van der Waals surface area contributed by atoms with Gasteiger partial charge < -0.3 is 9.47 Å². The van der Waals surface area contributed by atoms with Crippen molar-refractivity contribution in [3.05, 3.63) is 71.7 Å². The Morgan fingerprint density at radius 1 is 1.03 bits per heavy atom. The largest absolute Gasteiger partial charge is 0.493 e. The van der Waals surface area contributed by atoms with E-state index in [0.717, 1.165) is 30.2 Å². The van der Waals surface area contributed by atoms with Crippen molar-refractivity contribution in [1.82, 2.24) is 4.90 Å². The lowest BCUT2D eigenvalue weighted by molar-refractivity contribution is -0.121. The lowest BCUT2D eigenvalue weighted by atomic mass is 10.1. The number of unbranched alkanes of at least 4 members (excludes halogenated alkanes) is 5. The summed E-state index contributed by atoms with van der Waals surface area (Å²) in [5.74, 6) is 0.877. The second-order valence-electron chi connectivity index (χ2n) is 8.50. The third-order valence-corrected chi connectivity index (χ3v) is 8.08. The first-order chi connectivity index (χ1) is 17.9. The molecule has 0 unspecified atom stereocenters. The van der Waals surface area contributed by atoms with Crippen molar-refractivity contribution in [3.63, 3.8) is 0 Å². The maximum absolute atomic E-state index is 13.1. The molecule has 0 saturated carbocycles. The Morgan fingerprint density at radius 2 is 1.76 bits per heavy atom. The maximum atomic E-state index is 13.1. The molecule has 9 heteroatoms. The van der Waals surface area contributed by atoms with Crippen LogP contribution in [0.25, 0.3) is 6.08 Å². The molecule has 0 atom stereocenters. The molecule has 0 N–H and O–H groups in total. The van der Waals surface area contributed by atoms with Crippen molar-refractivity contribution in [2.75, 3.05) is 20.3 Å². The van der Waals surface area contributed by atoms with E-state index in [0.29, 0.717) is 23.0 Å². The molecule has 198 valence electrons. The molecule has 0 aliphatic carbocycles. The van der Waals surface area contributed by atoms with Gasteiger partial charge in [-0.3, -0.25) is 9.69 Å². The van der Waals surface area contributed by atoms with E-state index in [4.69, 9.17) is 9.47 Å². The molecule has 3 rings (SSSR count). The van der Waals surface area contributed by atoms with Crippen LogP contribution in [0.4, 0.5) is 0 Å². The van der Waals surface area contributed by atoms with Crippen LogP contribution in [0.2, 0.25) is 0 Å². The Bertz CT molecular complexity index is 1240. The number of thioether (sulfide) groups is 1. The van der Waals surface area contributed by atoms with Gasteiger partial charge in [-0.05, 0) is 54.1 Å². The molecule has 0 bridgehead atoms. The molecule has 0 aromatic heterocycles. The van der Waals surface area contributed by atoms with Gasteiger partial charge in [-0.2, -0.15) is 8.42 Å². The van der Waals surface area contributed by atoms with Crippen LogP contribution >= 0.6 is 11.8 Å². The van der Waals surface area contributed by atoms with Crippen LogP contribution in [0, 0.1) is 0 Å². The number of benzene rings is 2. The van der Waals surface area contributed by atoms with E-state index in [1.165, 1.54) is 48.8 Å². The maximum Gasteiger partial charge on any atom is 0.284 e. The van der Waals surface area contributed by atoms with Gasteiger partial charge in [0, 0.05) is 6.54 Å². The molecule has 1 amide bonds. The number of amidine groups is 1. The molecule has 1 fully saturated rings. The van der Waals surface area contributed by atoms with Crippen LogP contribution in [0.1, 0.15) is 51.0 Å². The van der Waals surface area contributed by atoms with Gasteiger partial charge in [0.05, 0.1) is 23.5 Å². The molecular formula is C28H34N2O5S2. The average molecular weight is 543 g/mol. The van der Waals surface area contributed by atoms with Crippen molar-refractivity contribution in [2.24, 2.45) is 4.40 Å². The first kappa shape index (κ1) is 28.5. The normalized spacial score (nSPS) is 15.9. The molecule has 1 aliphatic heterocycles. The average Bonchev–Trinajstić information content (AvgIpc) is 3.17. The van der Waals surface area contributed by atoms with Gasteiger partial charge in [0.25, 0.3) is 15.9 Å². The zero-order valence-electron chi connectivity index (χ0n) is 21.4. The fourth-order valence-corrected chi connectivity index (χ4v) is 5.93. The fourth-order valence-electron chi connectivity index (χ4n) is 3.72. The van der Waals surface area contributed by atoms with Crippen LogP contribution in [-0.2, 0) is 14.8 Å². The topological polar surface area (TPSA) is 85.3 Å². The Balaban J connectivity index is 1.75. The van der Waals surface area contributed by atoms with E-state index in [2.05, 4.69) is 17.9 Å². The van der Waals surface area contributed by atoms with Gasteiger partial charge in [0.2, 0.25) is 0 Å². The summed E-state index contributed by atoms with van der Waals surface area (Å²) in [7, 11) is -2.40. The number of carbonyl (C=O) groups excluding carboxylic acids is 1. The second kappa shape index (κ2) is 14.0. The summed E-state index contributed by atoms with van der Waals surface area (Å²) >= 11 is 1.01. The number of carbonyl (C=O) groups is 1. The third kappa shape index (κ3) is 7.97. The van der Waals surface area contributed by atoms with Crippen LogP contribution < -0.4 is 9.47 Å². The molecule has 1 heterocycles. The number of ether oxygens (including phenoxy) is 2. The zero-order chi connectivity index (χ0) is 26.7. The Labute approximate surface area is 224 Å². The fraction of sp³-hybridized carbons (Fsp3) is 0.357. The summed E-state index contributed by atoms with van der Waals surface area (Å²) in [4.78, 5) is 14.8. The molecule has 0 spiro atoms.